The lowest BCUT2D eigenvalue weighted by Gasteiger charge is -2.42. The third-order valence-electron chi connectivity index (χ3n) is 3.91. The van der Waals surface area contributed by atoms with Crippen molar-refractivity contribution in [2.75, 3.05) is 6.54 Å². The molecule has 0 bridgehead atoms. The van der Waals surface area contributed by atoms with E-state index in [1.54, 1.807) is 16.4 Å². The summed E-state index contributed by atoms with van der Waals surface area (Å²) in [6, 6.07) is 7.34. The van der Waals surface area contributed by atoms with Crippen LogP contribution in [-0.2, 0) is 15.6 Å². The predicted octanol–water partition coefficient (Wildman–Crippen LogP) is 2.84. The van der Waals surface area contributed by atoms with Gasteiger partial charge in [0.2, 0.25) is 10.0 Å². The van der Waals surface area contributed by atoms with E-state index in [9.17, 15) is 8.42 Å². The van der Waals surface area contributed by atoms with Crippen LogP contribution >= 0.6 is 31.9 Å². The highest BCUT2D eigenvalue weighted by atomic mass is 79.9. The Kier molecular flexibility index (Phi) is 2.94. The minimum Gasteiger partial charge on any atom is -0.207 e. The standard InChI is InChI=1S/C12H13Br2NO2S/c1-12-6-9(13)10(14)7-15(12)18(16,17)11-5-3-2-4-8(11)12/h2-5,9-10H,6-7H2,1H3. The Morgan fingerprint density at radius 1 is 1.28 bits per heavy atom. The lowest BCUT2D eigenvalue weighted by atomic mass is 9.84. The molecule has 0 amide bonds. The number of nitrogens with zero attached hydrogens (tertiary/aromatic N) is 1. The first-order chi connectivity index (χ1) is 8.37. The Bertz CT molecular complexity index is 604. The fraction of sp³-hybridized carbons (Fsp3) is 0.500. The van der Waals surface area contributed by atoms with Crippen LogP contribution in [0.3, 0.4) is 0 Å². The molecule has 98 valence electrons. The second-order valence-electron chi connectivity index (χ2n) is 5.04. The summed E-state index contributed by atoms with van der Waals surface area (Å²) in [6.07, 6.45) is 0.777. The van der Waals surface area contributed by atoms with Gasteiger partial charge in [0.15, 0.2) is 0 Å². The molecule has 3 atom stereocenters. The second kappa shape index (κ2) is 4.04. The molecule has 2 aliphatic rings. The Balaban J connectivity index is 2.23. The predicted molar refractivity (Wildman–Crippen MR) is 77.7 cm³/mol. The van der Waals surface area contributed by atoms with Crippen LogP contribution in [0.25, 0.3) is 0 Å². The topological polar surface area (TPSA) is 37.4 Å². The molecule has 0 N–H and O–H groups in total. The van der Waals surface area contributed by atoms with Crippen molar-refractivity contribution in [2.24, 2.45) is 0 Å². The van der Waals surface area contributed by atoms with Crippen LogP contribution in [0.5, 0.6) is 0 Å². The maximum Gasteiger partial charge on any atom is 0.244 e. The van der Waals surface area contributed by atoms with E-state index in [4.69, 9.17) is 0 Å². The minimum atomic E-state index is -3.34. The monoisotopic (exact) mass is 393 g/mol. The summed E-state index contributed by atoms with van der Waals surface area (Å²) in [7, 11) is -3.34. The zero-order chi connectivity index (χ0) is 13.1. The number of hydrogen-bond donors (Lipinski definition) is 0. The molecule has 2 heterocycles. The smallest absolute Gasteiger partial charge is 0.207 e. The van der Waals surface area contributed by atoms with Gasteiger partial charge in [0.1, 0.15) is 0 Å². The van der Waals surface area contributed by atoms with Crippen molar-refractivity contribution in [2.45, 2.75) is 33.4 Å². The molecule has 18 heavy (non-hydrogen) atoms. The van der Waals surface area contributed by atoms with Gasteiger partial charge in [-0.15, -0.1) is 0 Å². The Labute approximate surface area is 124 Å². The lowest BCUT2D eigenvalue weighted by molar-refractivity contribution is 0.172. The Hall–Kier alpha value is 0.0900. The molecule has 1 aromatic rings. The molecule has 3 nitrogen and oxygen atoms in total. The molecule has 3 rings (SSSR count). The largest absolute Gasteiger partial charge is 0.244 e. The van der Waals surface area contributed by atoms with E-state index < -0.39 is 15.6 Å². The van der Waals surface area contributed by atoms with Crippen LogP contribution in [0.4, 0.5) is 0 Å². The van der Waals surface area contributed by atoms with Gasteiger partial charge in [-0.1, -0.05) is 50.1 Å². The highest BCUT2D eigenvalue weighted by molar-refractivity contribution is 9.12. The average molecular weight is 395 g/mol. The molecular formula is C12H13Br2NO2S. The molecular weight excluding hydrogens is 382 g/mol. The van der Waals surface area contributed by atoms with E-state index in [0.717, 1.165) is 12.0 Å². The SMILES string of the molecule is CC12CC(Br)C(Br)CN1S(=O)(=O)c1ccccc12. The normalized spacial score (nSPS) is 38.2. The molecule has 3 unspecified atom stereocenters. The van der Waals surface area contributed by atoms with E-state index in [1.807, 2.05) is 19.1 Å². The zero-order valence-corrected chi connectivity index (χ0v) is 13.8. The van der Waals surface area contributed by atoms with E-state index >= 15 is 0 Å². The van der Waals surface area contributed by atoms with E-state index in [0.29, 0.717) is 11.4 Å². The number of sulfonamides is 1. The van der Waals surface area contributed by atoms with Crippen molar-refractivity contribution in [3.05, 3.63) is 29.8 Å². The number of alkyl halides is 2. The first kappa shape index (κ1) is 13.1. The lowest BCUT2D eigenvalue weighted by Crippen LogP contribution is -2.52. The molecule has 0 radical (unpaired) electrons. The molecule has 1 saturated heterocycles. The van der Waals surface area contributed by atoms with Crippen molar-refractivity contribution in [3.63, 3.8) is 0 Å². The van der Waals surface area contributed by atoms with Crippen molar-refractivity contribution >= 4 is 41.9 Å². The summed E-state index contributed by atoms with van der Waals surface area (Å²) in [6.45, 7) is 2.52. The number of piperidine rings is 1. The van der Waals surface area contributed by atoms with Crippen LogP contribution in [0.1, 0.15) is 18.9 Å². The van der Waals surface area contributed by atoms with Gasteiger partial charge in [0, 0.05) is 16.2 Å². The fourth-order valence-electron chi connectivity index (χ4n) is 2.95. The molecule has 0 saturated carbocycles. The van der Waals surface area contributed by atoms with Gasteiger partial charge in [-0.25, -0.2) is 8.42 Å². The maximum absolute atomic E-state index is 12.6. The van der Waals surface area contributed by atoms with Crippen LogP contribution in [0, 0.1) is 0 Å². The van der Waals surface area contributed by atoms with Gasteiger partial charge in [-0.3, -0.25) is 0 Å². The van der Waals surface area contributed by atoms with Gasteiger partial charge >= 0.3 is 0 Å². The molecule has 0 aromatic heterocycles. The minimum absolute atomic E-state index is 0.148. The summed E-state index contributed by atoms with van der Waals surface area (Å²) >= 11 is 7.20. The van der Waals surface area contributed by atoms with E-state index in [-0.39, 0.29) is 9.65 Å². The summed E-state index contributed by atoms with van der Waals surface area (Å²) in [4.78, 5) is 0.892. The fourth-order valence-corrected chi connectivity index (χ4v) is 6.53. The molecule has 1 aromatic carbocycles. The van der Waals surface area contributed by atoms with E-state index in [1.165, 1.54) is 0 Å². The van der Waals surface area contributed by atoms with Crippen molar-refractivity contribution in [3.8, 4) is 0 Å². The molecule has 6 heteroatoms. The van der Waals surface area contributed by atoms with Crippen LogP contribution < -0.4 is 0 Å². The highest BCUT2D eigenvalue weighted by Crippen LogP contribution is 2.51. The van der Waals surface area contributed by atoms with Gasteiger partial charge in [-0.05, 0) is 25.0 Å². The van der Waals surface area contributed by atoms with Crippen LogP contribution in [0.2, 0.25) is 0 Å². The highest BCUT2D eigenvalue weighted by Gasteiger charge is 2.55. The number of fused-ring (bicyclic) bond motifs is 3. The van der Waals surface area contributed by atoms with Crippen molar-refractivity contribution in [1.82, 2.24) is 4.31 Å². The number of benzene rings is 1. The average Bonchev–Trinajstić information content (AvgIpc) is 2.49. The first-order valence-electron chi connectivity index (χ1n) is 5.78. The summed E-state index contributed by atoms with van der Waals surface area (Å²) in [5, 5.41) is 0. The van der Waals surface area contributed by atoms with Gasteiger partial charge in [0.05, 0.1) is 10.4 Å². The first-order valence-corrected chi connectivity index (χ1v) is 9.05. The molecule has 2 aliphatic heterocycles. The van der Waals surface area contributed by atoms with E-state index in [2.05, 4.69) is 31.9 Å². The quantitative estimate of drug-likeness (QED) is 0.634. The van der Waals surface area contributed by atoms with Gasteiger partial charge in [0.25, 0.3) is 0 Å². The maximum atomic E-state index is 12.6. The number of rotatable bonds is 0. The van der Waals surface area contributed by atoms with Gasteiger partial charge < -0.3 is 0 Å². The molecule has 0 spiro atoms. The van der Waals surface area contributed by atoms with Gasteiger partial charge in [-0.2, -0.15) is 4.31 Å². The number of hydrogen-bond acceptors (Lipinski definition) is 2. The van der Waals surface area contributed by atoms with Crippen molar-refractivity contribution < 1.29 is 8.42 Å². The second-order valence-corrected chi connectivity index (χ2v) is 9.23. The van der Waals surface area contributed by atoms with Crippen LogP contribution in [0.15, 0.2) is 29.2 Å². The molecule has 1 fully saturated rings. The molecule has 0 aliphatic carbocycles. The number of halogens is 2. The third kappa shape index (κ3) is 1.58. The summed E-state index contributed by atoms with van der Waals surface area (Å²) in [5.41, 5.74) is 0.502. The third-order valence-corrected chi connectivity index (χ3v) is 8.55. The van der Waals surface area contributed by atoms with Crippen molar-refractivity contribution in [1.29, 1.82) is 0 Å². The van der Waals surface area contributed by atoms with Crippen LogP contribution in [-0.4, -0.2) is 28.9 Å². The summed E-state index contributed by atoms with van der Waals surface area (Å²) in [5.74, 6) is 0. The Morgan fingerprint density at radius 3 is 2.67 bits per heavy atom. The zero-order valence-electron chi connectivity index (χ0n) is 9.81. The Morgan fingerprint density at radius 2 is 1.94 bits per heavy atom. The summed E-state index contributed by atoms with van der Waals surface area (Å²) < 4.78 is 26.8.